The van der Waals surface area contributed by atoms with Crippen molar-refractivity contribution in [3.63, 3.8) is 0 Å². The fourth-order valence-corrected chi connectivity index (χ4v) is 5.71. The average Bonchev–Trinajstić information content (AvgIpc) is 3.76. The van der Waals surface area contributed by atoms with Crippen LogP contribution in [0.5, 0.6) is 0 Å². The zero-order valence-corrected chi connectivity index (χ0v) is 24.6. The number of amides is 1. The van der Waals surface area contributed by atoms with Crippen LogP contribution in [0.25, 0.3) is 45.3 Å². The molecule has 0 saturated carbocycles. The van der Waals surface area contributed by atoms with E-state index in [-0.39, 0.29) is 29.6 Å². The molecule has 0 bridgehead atoms. The Labute approximate surface area is 267 Å². The number of rotatable bonds is 6. The molecule has 7 rings (SSSR count). The number of H-pyrrole nitrogens is 2. The number of hydrogen-bond donors (Lipinski definition) is 3. The minimum Gasteiger partial charge on any atom is -0.366 e. The Bertz CT molecular complexity index is 2220. The molecule has 0 atom stereocenters. The van der Waals surface area contributed by atoms with Crippen molar-refractivity contribution in [3.05, 3.63) is 125 Å². The van der Waals surface area contributed by atoms with Gasteiger partial charge in [0.2, 0.25) is 5.91 Å². The summed E-state index contributed by atoms with van der Waals surface area (Å²) in [6.45, 7) is -0.0425. The third kappa shape index (κ3) is 5.76. The van der Waals surface area contributed by atoms with Crippen molar-refractivity contribution in [2.24, 2.45) is 5.73 Å². The Morgan fingerprint density at radius 2 is 1.56 bits per heavy atom. The van der Waals surface area contributed by atoms with Crippen LogP contribution in [0.3, 0.4) is 0 Å². The van der Waals surface area contributed by atoms with Crippen LogP contribution in [0.2, 0.25) is 0 Å². The van der Waals surface area contributed by atoms with Crippen molar-refractivity contribution >= 4 is 28.6 Å². The van der Waals surface area contributed by atoms with Gasteiger partial charge in [0.1, 0.15) is 5.82 Å². The summed E-state index contributed by atoms with van der Waals surface area (Å²) in [5.74, 6) is -0.796. The third-order valence-corrected chi connectivity index (χ3v) is 8.02. The van der Waals surface area contributed by atoms with Crippen LogP contribution < -0.4 is 5.73 Å². The number of nitrogens with two attached hydrogens (primary N) is 1. The number of hydrogen-bond acceptors (Lipinski definition) is 4. The summed E-state index contributed by atoms with van der Waals surface area (Å²) < 4.78 is 85.9. The first kappa shape index (κ1) is 30.7. The maximum absolute atomic E-state index is 14.0. The number of imidazole rings is 3. The zero-order chi connectivity index (χ0) is 33.8. The van der Waals surface area contributed by atoms with Gasteiger partial charge >= 0.3 is 12.4 Å². The van der Waals surface area contributed by atoms with Gasteiger partial charge in [-0.25, -0.2) is 15.0 Å². The number of carbonyl (C=O) groups excluding carboxylic acids is 1. The van der Waals surface area contributed by atoms with Crippen LogP contribution in [0, 0.1) is 0 Å². The minimum atomic E-state index is -5.07. The summed E-state index contributed by atoms with van der Waals surface area (Å²) >= 11 is 0. The standard InChI is InChI=1S/C34H23F6N7O/c35-33(36,37)23-10-22(11-24(14-23)34(38,39)40)32-46-29(20-8-9-26-27(12-20)44-17-43-26)30(21-2-1-3-25-28(13-21)45-16-42-25)47(32)15-18-4-6-19(7-5-18)31(41)48/h1-2,4-14,16-17H,3,15H2,(H2,41,48)(H,42,45)(H,43,44). The van der Waals surface area contributed by atoms with E-state index in [1.807, 2.05) is 12.2 Å². The largest absolute Gasteiger partial charge is 0.416 e. The number of alkyl halides is 6. The number of nitrogens with zero attached hydrogens (tertiary/aromatic N) is 4. The van der Waals surface area contributed by atoms with E-state index in [0.717, 1.165) is 5.69 Å². The predicted octanol–water partition coefficient (Wildman–Crippen LogP) is 7.65. The summed E-state index contributed by atoms with van der Waals surface area (Å²) in [4.78, 5) is 31.3. The first-order valence-corrected chi connectivity index (χ1v) is 14.5. The van der Waals surface area contributed by atoms with Crippen molar-refractivity contribution in [1.29, 1.82) is 0 Å². The molecule has 0 radical (unpaired) electrons. The Kier molecular flexibility index (Phi) is 7.30. The molecule has 0 saturated heterocycles. The molecule has 6 aromatic rings. The second-order valence-electron chi connectivity index (χ2n) is 11.2. The Morgan fingerprint density at radius 3 is 2.25 bits per heavy atom. The lowest BCUT2D eigenvalue weighted by Crippen LogP contribution is -2.13. The number of halogens is 6. The van der Waals surface area contributed by atoms with Crippen molar-refractivity contribution in [1.82, 2.24) is 29.5 Å². The van der Waals surface area contributed by atoms with Crippen LogP contribution >= 0.6 is 0 Å². The fraction of sp³-hybridized carbons (Fsp3) is 0.118. The number of nitrogens with one attached hydrogen (secondary N) is 2. The van der Waals surface area contributed by atoms with Crippen molar-refractivity contribution < 1.29 is 31.1 Å². The highest BCUT2D eigenvalue weighted by Gasteiger charge is 2.38. The summed E-state index contributed by atoms with van der Waals surface area (Å²) in [5, 5.41) is 0. The molecule has 1 amide bonds. The summed E-state index contributed by atoms with van der Waals surface area (Å²) in [6.07, 6.45) is -1.12. The number of allylic oxidation sites excluding steroid dienone is 3. The number of aromatic nitrogens is 6. The molecular weight excluding hydrogens is 636 g/mol. The third-order valence-electron chi connectivity index (χ3n) is 8.02. The highest BCUT2D eigenvalue weighted by atomic mass is 19.4. The van der Waals surface area contributed by atoms with Crippen molar-refractivity contribution in [3.8, 4) is 22.6 Å². The maximum atomic E-state index is 14.0. The van der Waals surface area contributed by atoms with E-state index in [1.54, 1.807) is 41.0 Å². The molecule has 0 spiro atoms. The van der Waals surface area contributed by atoms with E-state index in [0.29, 0.717) is 63.4 Å². The fourth-order valence-electron chi connectivity index (χ4n) is 5.71. The van der Waals surface area contributed by atoms with E-state index in [4.69, 9.17) is 10.7 Å². The van der Waals surface area contributed by atoms with Gasteiger partial charge in [0.25, 0.3) is 0 Å². The molecule has 8 nitrogen and oxygen atoms in total. The monoisotopic (exact) mass is 659 g/mol. The summed E-state index contributed by atoms with van der Waals surface area (Å²) in [6, 6.07) is 12.9. The van der Waals surface area contributed by atoms with Crippen LogP contribution in [0.1, 0.15) is 44.1 Å². The normalized spacial score (nSPS) is 13.4. The molecule has 0 fully saturated rings. The van der Waals surface area contributed by atoms with Gasteiger partial charge in [-0.05, 0) is 54.1 Å². The highest BCUT2D eigenvalue weighted by molar-refractivity contribution is 5.95. The molecule has 48 heavy (non-hydrogen) atoms. The van der Waals surface area contributed by atoms with Gasteiger partial charge in [0.15, 0.2) is 0 Å². The van der Waals surface area contributed by atoms with Gasteiger partial charge in [0.05, 0.1) is 51.9 Å². The van der Waals surface area contributed by atoms with Gasteiger partial charge in [0, 0.05) is 40.9 Å². The smallest absolute Gasteiger partial charge is 0.366 e. The van der Waals surface area contributed by atoms with E-state index in [9.17, 15) is 31.1 Å². The molecule has 0 unspecified atom stereocenters. The number of aromatic amines is 2. The molecule has 4 N–H and O–H groups in total. The molecule has 14 heteroatoms. The topological polar surface area (TPSA) is 118 Å². The van der Waals surface area contributed by atoms with Crippen molar-refractivity contribution in [2.75, 3.05) is 0 Å². The minimum absolute atomic E-state index is 0.0425. The lowest BCUT2D eigenvalue weighted by Gasteiger charge is -2.17. The number of primary amides is 1. The van der Waals surface area contributed by atoms with E-state index < -0.39 is 29.4 Å². The van der Waals surface area contributed by atoms with E-state index in [1.165, 1.54) is 24.8 Å². The maximum Gasteiger partial charge on any atom is 0.416 e. The molecule has 3 aromatic carbocycles. The first-order chi connectivity index (χ1) is 22.8. The first-order valence-electron chi connectivity index (χ1n) is 14.5. The Morgan fingerprint density at radius 1 is 0.854 bits per heavy atom. The quantitative estimate of drug-likeness (QED) is 0.159. The van der Waals surface area contributed by atoms with Crippen LogP contribution in [-0.4, -0.2) is 35.4 Å². The van der Waals surface area contributed by atoms with E-state index in [2.05, 4.69) is 19.9 Å². The molecular formula is C34H23F6N7O. The number of carbonyl (C=O) groups is 1. The Balaban J connectivity index is 1.55. The van der Waals surface area contributed by atoms with Gasteiger partial charge in [-0.1, -0.05) is 30.4 Å². The van der Waals surface area contributed by atoms with Gasteiger partial charge in [-0.2, -0.15) is 26.3 Å². The summed E-state index contributed by atoms with van der Waals surface area (Å²) in [7, 11) is 0. The van der Waals surface area contributed by atoms with Gasteiger partial charge in [-0.15, -0.1) is 0 Å². The van der Waals surface area contributed by atoms with Gasteiger partial charge in [-0.3, -0.25) is 4.79 Å². The molecule has 3 heterocycles. The lowest BCUT2D eigenvalue weighted by molar-refractivity contribution is -0.143. The second-order valence-corrected chi connectivity index (χ2v) is 11.2. The van der Waals surface area contributed by atoms with E-state index >= 15 is 0 Å². The zero-order valence-electron chi connectivity index (χ0n) is 24.6. The number of fused-ring (bicyclic) bond motifs is 2. The molecule has 3 aromatic heterocycles. The molecule has 242 valence electrons. The summed E-state index contributed by atoms with van der Waals surface area (Å²) in [5.41, 5.74) is 7.45. The number of benzene rings is 3. The lowest BCUT2D eigenvalue weighted by atomic mass is 10.0. The SMILES string of the molecule is NC(=O)c1ccc(Cn2c(-c3cc(C(F)(F)F)cc(C(F)(F)F)c3)nc(-c3ccc4nc[nH]c4c3)c2C2=Cc3nc[nH]c3CC=C2)cc1. The van der Waals surface area contributed by atoms with Gasteiger partial charge < -0.3 is 20.3 Å². The predicted molar refractivity (Wildman–Crippen MR) is 166 cm³/mol. The van der Waals surface area contributed by atoms with Crippen LogP contribution in [-0.2, 0) is 25.3 Å². The van der Waals surface area contributed by atoms with Crippen LogP contribution in [0.15, 0.2) is 85.5 Å². The van der Waals surface area contributed by atoms with Crippen molar-refractivity contribution in [2.45, 2.75) is 25.3 Å². The molecule has 0 aliphatic heterocycles. The van der Waals surface area contributed by atoms with Crippen LogP contribution in [0.4, 0.5) is 26.3 Å². The average molecular weight is 660 g/mol. The second kappa shape index (κ2) is 11.4. The highest BCUT2D eigenvalue weighted by Crippen LogP contribution is 2.42. The Hall–Kier alpha value is -5.92. The molecule has 1 aliphatic carbocycles. The molecule has 1 aliphatic rings.